The lowest BCUT2D eigenvalue weighted by Gasteiger charge is -2.22. The van der Waals surface area contributed by atoms with Crippen LogP contribution < -0.4 is 0 Å². The van der Waals surface area contributed by atoms with Crippen LogP contribution in [0.25, 0.3) is 0 Å². The van der Waals surface area contributed by atoms with Crippen molar-refractivity contribution in [3.63, 3.8) is 0 Å². The van der Waals surface area contributed by atoms with Crippen molar-refractivity contribution in [2.24, 2.45) is 0 Å². The quantitative estimate of drug-likeness (QED) is 0.573. The molecular weight excluding hydrogens is 220 g/mol. The van der Waals surface area contributed by atoms with E-state index in [-0.39, 0.29) is 12.1 Å². The van der Waals surface area contributed by atoms with Crippen LogP contribution in [-0.4, -0.2) is 31.1 Å². The Kier molecular flexibility index (Phi) is 2.66. The van der Waals surface area contributed by atoms with Crippen molar-refractivity contribution in [2.75, 3.05) is 6.61 Å². The van der Waals surface area contributed by atoms with Crippen molar-refractivity contribution in [3.05, 3.63) is 48.0 Å². The van der Waals surface area contributed by atoms with E-state index >= 15 is 0 Å². The minimum atomic E-state index is -0.460. The van der Waals surface area contributed by atoms with Gasteiger partial charge in [0, 0.05) is 0 Å². The first kappa shape index (κ1) is 10.5. The highest BCUT2D eigenvalue weighted by Gasteiger charge is 2.36. The summed E-state index contributed by atoms with van der Waals surface area (Å²) in [6.45, 7) is 0.528. The first-order valence-electron chi connectivity index (χ1n) is 5.54. The molecule has 0 aliphatic carbocycles. The number of ether oxygens (including phenoxy) is 3. The second-order valence-corrected chi connectivity index (χ2v) is 4.00. The number of rotatable bonds is 2. The molecule has 0 aromatic heterocycles. The van der Waals surface area contributed by atoms with Crippen LogP contribution in [0.15, 0.2) is 42.5 Å². The third-order valence-electron chi connectivity index (χ3n) is 2.77. The van der Waals surface area contributed by atoms with Crippen molar-refractivity contribution in [1.29, 1.82) is 0 Å². The SMILES string of the molecule is O=C(OC1C=CC2COC1O2)c1ccccc1. The number of carbonyl (C=O) groups excluding carboxylic acids is 1. The van der Waals surface area contributed by atoms with Gasteiger partial charge in [0.05, 0.1) is 12.2 Å². The Morgan fingerprint density at radius 2 is 2.06 bits per heavy atom. The summed E-state index contributed by atoms with van der Waals surface area (Å²) in [5.41, 5.74) is 0.529. The third-order valence-corrected chi connectivity index (χ3v) is 2.77. The van der Waals surface area contributed by atoms with Crippen LogP contribution >= 0.6 is 0 Å². The molecule has 2 heterocycles. The lowest BCUT2D eigenvalue weighted by atomic mass is 10.2. The molecule has 88 valence electrons. The van der Waals surface area contributed by atoms with Gasteiger partial charge < -0.3 is 14.2 Å². The number of esters is 1. The van der Waals surface area contributed by atoms with E-state index in [9.17, 15) is 4.79 Å². The van der Waals surface area contributed by atoms with Crippen molar-refractivity contribution in [2.45, 2.75) is 18.5 Å². The number of hydrogen-bond donors (Lipinski definition) is 0. The number of benzene rings is 1. The second-order valence-electron chi connectivity index (χ2n) is 4.00. The molecular formula is C13H12O4. The van der Waals surface area contributed by atoms with Gasteiger partial charge in [0.15, 0.2) is 12.4 Å². The minimum Gasteiger partial charge on any atom is -0.449 e. The molecule has 1 aromatic rings. The van der Waals surface area contributed by atoms with Crippen LogP contribution in [0.3, 0.4) is 0 Å². The fraction of sp³-hybridized carbons (Fsp3) is 0.308. The molecule has 0 amide bonds. The minimum absolute atomic E-state index is 0.00618. The van der Waals surface area contributed by atoms with Crippen molar-refractivity contribution in [3.8, 4) is 0 Å². The highest BCUT2D eigenvalue weighted by Crippen LogP contribution is 2.24. The average Bonchev–Trinajstić information content (AvgIpc) is 2.77. The molecule has 3 unspecified atom stereocenters. The van der Waals surface area contributed by atoms with Gasteiger partial charge in [0.25, 0.3) is 0 Å². The molecule has 0 N–H and O–H groups in total. The van der Waals surface area contributed by atoms with Crippen molar-refractivity contribution in [1.82, 2.24) is 0 Å². The van der Waals surface area contributed by atoms with Crippen LogP contribution in [0.1, 0.15) is 10.4 Å². The fourth-order valence-electron chi connectivity index (χ4n) is 1.90. The van der Waals surface area contributed by atoms with E-state index in [2.05, 4.69) is 0 Å². The number of carbonyl (C=O) groups is 1. The van der Waals surface area contributed by atoms with Crippen LogP contribution in [0.2, 0.25) is 0 Å². The molecule has 2 bridgehead atoms. The average molecular weight is 232 g/mol. The first-order valence-corrected chi connectivity index (χ1v) is 5.54. The number of fused-ring (bicyclic) bond motifs is 2. The molecule has 0 saturated carbocycles. The van der Waals surface area contributed by atoms with Gasteiger partial charge in [-0.3, -0.25) is 0 Å². The van der Waals surface area contributed by atoms with Gasteiger partial charge in [-0.25, -0.2) is 4.79 Å². The summed E-state index contributed by atoms with van der Waals surface area (Å²) in [5, 5.41) is 0. The Morgan fingerprint density at radius 3 is 2.88 bits per heavy atom. The van der Waals surface area contributed by atoms with Crippen molar-refractivity contribution < 1.29 is 19.0 Å². The zero-order chi connectivity index (χ0) is 11.7. The Hall–Kier alpha value is -1.65. The number of hydrogen-bond acceptors (Lipinski definition) is 4. The van der Waals surface area contributed by atoms with Crippen LogP contribution in [0.5, 0.6) is 0 Å². The summed E-state index contributed by atoms with van der Waals surface area (Å²) in [5.74, 6) is -0.363. The molecule has 3 atom stereocenters. The normalized spacial score (nSPS) is 30.2. The monoisotopic (exact) mass is 232 g/mol. The Balaban J connectivity index is 1.70. The molecule has 1 saturated heterocycles. The van der Waals surface area contributed by atoms with E-state index < -0.39 is 12.4 Å². The molecule has 1 aromatic carbocycles. The topological polar surface area (TPSA) is 44.8 Å². The first-order chi connectivity index (χ1) is 8.33. The van der Waals surface area contributed by atoms with Gasteiger partial charge in [0.1, 0.15) is 6.10 Å². The molecule has 3 rings (SSSR count). The molecule has 1 fully saturated rings. The molecule has 0 radical (unpaired) electrons. The standard InChI is InChI=1S/C13H12O4/c14-12(9-4-2-1-3-5-9)17-11-7-6-10-8-15-13(11)16-10/h1-7,10-11,13H,8H2. The highest BCUT2D eigenvalue weighted by atomic mass is 16.7. The largest absolute Gasteiger partial charge is 0.449 e. The Labute approximate surface area is 98.8 Å². The van der Waals surface area contributed by atoms with E-state index in [1.807, 2.05) is 18.2 Å². The van der Waals surface area contributed by atoms with E-state index in [0.717, 1.165) is 0 Å². The Bertz CT molecular complexity index is 440. The summed E-state index contributed by atoms with van der Waals surface area (Å²) in [4.78, 5) is 11.8. The van der Waals surface area contributed by atoms with E-state index in [1.54, 1.807) is 24.3 Å². The smallest absolute Gasteiger partial charge is 0.338 e. The van der Waals surface area contributed by atoms with Gasteiger partial charge in [0.2, 0.25) is 0 Å². The van der Waals surface area contributed by atoms with E-state index in [0.29, 0.717) is 12.2 Å². The predicted octanol–water partition coefficient (Wildman–Crippen LogP) is 1.52. The Morgan fingerprint density at radius 1 is 1.24 bits per heavy atom. The summed E-state index contributed by atoms with van der Waals surface area (Å²) >= 11 is 0. The van der Waals surface area contributed by atoms with Gasteiger partial charge in [-0.1, -0.05) is 24.3 Å². The van der Waals surface area contributed by atoms with Crippen molar-refractivity contribution >= 4 is 5.97 Å². The molecule has 4 heteroatoms. The van der Waals surface area contributed by atoms with Gasteiger partial charge in [-0.05, 0) is 18.2 Å². The maximum Gasteiger partial charge on any atom is 0.338 e. The summed E-state index contributed by atoms with van der Waals surface area (Å²) in [7, 11) is 0. The maximum atomic E-state index is 11.8. The second kappa shape index (κ2) is 4.31. The zero-order valence-corrected chi connectivity index (χ0v) is 9.11. The fourth-order valence-corrected chi connectivity index (χ4v) is 1.90. The lowest BCUT2D eigenvalue weighted by molar-refractivity contribution is -0.119. The van der Waals surface area contributed by atoms with Gasteiger partial charge in [-0.2, -0.15) is 0 Å². The van der Waals surface area contributed by atoms with E-state index in [4.69, 9.17) is 14.2 Å². The molecule has 0 spiro atoms. The summed E-state index contributed by atoms with van der Waals surface area (Å²) in [6, 6.07) is 8.88. The van der Waals surface area contributed by atoms with Crippen LogP contribution in [-0.2, 0) is 14.2 Å². The molecule has 2 aliphatic rings. The van der Waals surface area contributed by atoms with Crippen LogP contribution in [0.4, 0.5) is 0 Å². The zero-order valence-electron chi connectivity index (χ0n) is 9.11. The third kappa shape index (κ3) is 2.09. The van der Waals surface area contributed by atoms with Gasteiger partial charge >= 0.3 is 5.97 Å². The van der Waals surface area contributed by atoms with Gasteiger partial charge in [-0.15, -0.1) is 0 Å². The lowest BCUT2D eigenvalue weighted by Crippen LogP contribution is -2.33. The molecule has 17 heavy (non-hydrogen) atoms. The molecule has 2 aliphatic heterocycles. The van der Waals surface area contributed by atoms with E-state index in [1.165, 1.54) is 0 Å². The molecule has 4 nitrogen and oxygen atoms in total. The highest BCUT2D eigenvalue weighted by molar-refractivity contribution is 5.89. The predicted molar refractivity (Wildman–Crippen MR) is 59.4 cm³/mol. The summed E-state index contributed by atoms with van der Waals surface area (Å²) < 4.78 is 16.2. The maximum absolute atomic E-state index is 11.8. The van der Waals surface area contributed by atoms with Crippen LogP contribution in [0, 0.1) is 0 Å². The summed E-state index contributed by atoms with van der Waals surface area (Å²) in [6.07, 6.45) is 2.78.